The number of allylic oxidation sites excluding steroid dienone is 6. The highest BCUT2D eigenvalue weighted by Gasteiger charge is 2.22. The molecule has 0 heterocycles. The molecule has 2 atom stereocenters. The van der Waals surface area contributed by atoms with E-state index in [2.05, 4.69) is 50.3 Å². The fourth-order valence-corrected chi connectivity index (χ4v) is 13.5. The van der Waals surface area contributed by atoms with Crippen molar-refractivity contribution in [2.24, 2.45) is 0 Å². The van der Waals surface area contributed by atoms with E-state index in [9.17, 15) is 19.5 Å². The van der Waals surface area contributed by atoms with Gasteiger partial charge in [-0.15, -0.1) is 0 Å². The van der Waals surface area contributed by atoms with Crippen molar-refractivity contribution in [1.29, 1.82) is 0 Å². The number of nitrogens with zero attached hydrogens (tertiary/aromatic N) is 1. The third-order valence-corrected chi connectivity index (χ3v) is 20.1. The molecule has 0 aromatic heterocycles. The molecule has 0 aromatic rings. The Morgan fingerprint density at radius 1 is 0.306 bits per heavy atom. The third-order valence-electron chi connectivity index (χ3n) is 20.1. The Kier molecular flexibility index (Phi) is 78.2. The number of carboxylic acids is 1. The van der Waals surface area contributed by atoms with Crippen molar-refractivity contribution in [3.05, 3.63) is 36.5 Å². The SMILES string of the molecule is CCCCCCC/C=C\C/C=C\C/C=C\CCCCCCCCCCCCCCCCCCCCC(=O)OC(COC(=O)CCCCCCCCCCCCCCCCCCCCCCCCCCCCCCCCCCCCCCCCCC)COC(OCC[N+](C)(C)C)C(=O)[O-]. The van der Waals surface area contributed by atoms with Gasteiger partial charge in [-0.2, -0.15) is 0 Å². The molecule has 0 bridgehead atoms. The summed E-state index contributed by atoms with van der Waals surface area (Å²) < 4.78 is 22.9. The standard InChI is InChI=1S/C89H169NO8/c1-6-8-10-12-14-16-18-20-22-24-26-28-30-32-34-36-38-40-41-42-43-44-45-46-48-49-51-53-55-57-59-61-63-65-67-69-71-73-75-77-79-86(91)96-83-85(84-97-89(88(93)94)95-82-81-90(3,4)5)98-87(92)80-78-76-74-72-70-68-66-64-62-60-58-56-54-52-50-47-39-37-35-33-31-29-27-25-23-21-19-17-15-13-11-9-7-2/h19,21,25,27,31,33,85,89H,6-18,20,22-24,26,28-30,32,34-84H2,1-5H3/b21-19-,27-25-,33-31-. The number of unbranched alkanes of at least 4 members (excludes halogenated alkanes) is 62. The number of hydrogen-bond donors (Lipinski definition) is 0. The Balaban J connectivity index is 3.91. The van der Waals surface area contributed by atoms with Crippen LogP contribution in [0.25, 0.3) is 0 Å². The van der Waals surface area contributed by atoms with Gasteiger partial charge in [0.05, 0.1) is 40.3 Å². The van der Waals surface area contributed by atoms with E-state index in [1.807, 2.05) is 21.1 Å². The van der Waals surface area contributed by atoms with Gasteiger partial charge in [-0.25, -0.2) is 0 Å². The van der Waals surface area contributed by atoms with Crippen LogP contribution in [0.5, 0.6) is 0 Å². The first-order chi connectivity index (χ1) is 48.1. The number of quaternary nitrogens is 1. The molecule has 0 aromatic carbocycles. The van der Waals surface area contributed by atoms with E-state index >= 15 is 0 Å². The van der Waals surface area contributed by atoms with Crippen LogP contribution in [-0.2, 0) is 33.3 Å². The minimum atomic E-state index is -1.62. The van der Waals surface area contributed by atoms with Crippen LogP contribution in [0.2, 0.25) is 0 Å². The van der Waals surface area contributed by atoms with E-state index in [-0.39, 0.29) is 32.2 Å². The first-order valence-electron chi connectivity index (χ1n) is 43.6. The molecule has 0 rings (SSSR count). The van der Waals surface area contributed by atoms with Crippen LogP contribution in [-0.4, -0.2) is 82.3 Å². The molecule has 0 aliphatic rings. The molecule has 9 heteroatoms. The van der Waals surface area contributed by atoms with Crippen molar-refractivity contribution in [1.82, 2.24) is 0 Å². The highest BCUT2D eigenvalue weighted by molar-refractivity contribution is 5.70. The fourth-order valence-electron chi connectivity index (χ4n) is 13.5. The zero-order chi connectivity index (χ0) is 71.1. The summed E-state index contributed by atoms with van der Waals surface area (Å²) in [4.78, 5) is 37.7. The molecule has 0 aliphatic heterocycles. The van der Waals surface area contributed by atoms with Crippen LogP contribution in [0, 0.1) is 0 Å². The molecule has 9 nitrogen and oxygen atoms in total. The molecule has 98 heavy (non-hydrogen) atoms. The van der Waals surface area contributed by atoms with Gasteiger partial charge in [0.2, 0.25) is 0 Å². The second kappa shape index (κ2) is 80.2. The van der Waals surface area contributed by atoms with Crippen LogP contribution >= 0.6 is 0 Å². The van der Waals surface area contributed by atoms with Crippen molar-refractivity contribution >= 4 is 17.9 Å². The number of carbonyl (C=O) groups is 3. The maximum absolute atomic E-state index is 13.0. The number of likely N-dealkylation sites (N-methyl/N-ethyl adjacent to an activating group) is 1. The highest BCUT2D eigenvalue weighted by Crippen LogP contribution is 2.21. The van der Waals surface area contributed by atoms with E-state index in [0.717, 1.165) is 51.4 Å². The molecule has 0 saturated heterocycles. The molecule has 0 aliphatic carbocycles. The third kappa shape index (κ3) is 80.8. The Labute approximate surface area is 610 Å². The normalized spacial score (nSPS) is 12.7. The summed E-state index contributed by atoms with van der Waals surface area (Å²) in [7, 11) is 5.96. The minimum absolute atomic E-state index is 0.151. The largest absolute Gasteiger partial charge is 0.545 e. The first-order valence-corrected chi connectivity index (χ1v) is 43.6. The van der Waals surface area contributed by atoms with E-state index in [4.69, 9.17) is 18.9 Å². The molecule has 578 valence electrons. The van der Waals surface area contributed by atoms with Crippen LogP contribution < -0.4 is 5.11 Å². The highest BCUT2D eigenvalue weighted by atomic mass is 16.7. The maximum atomic E-state index is 13.0. The maximum Gasteiger partial charge on any atom is 0.306 e. The number of aliphatic carboxylic acids is 1. The summed E-state index contributed by atoms with van der Waals surface area (Å²) in [6.07, 6.45) is 102. The van der Waals surface area contributed by atoms with Crippen LogP contribution in [0.3, 0.4) is 0 Å². The quantitative estimate of drug-likeness (QED) is 0.0195. The van der Waals surface area contributed by atoms with Gasteiger partial charge in [-0.3, -0.25) is 9.59 Å². The van der Waals surface area contributed by atoms with Gasteiger partial charge in [0.15, 0.2) is 12.4 Å². The van der Waals surface area contributed by atoms with E-state index in [1.54, 1.807) is 0 Å². The van der Waals surface area contributed by atoms with Gasteiger partial charge in [0.1, 0.15) is 13.2 Å². The summed E-state index contributed by atoms with van der Waals surface area (Å²) in [6.45, 7) is 4.83. The molecule has 0 radical (unpaired) electrons. The number of carbonyl (C=O) groups excluding carboxylic acids is 3. The number of hydrogen-bond acceptors (Lipinski definition) is 8. The lowest BCUT2D eigenvalue weighted by Gasteiger charge is -2.26. The van der Waals surface area contributed by atoms with Crippen LogP contribution in [0.1, 0.15) is 457 Å². The molecule has 0 saturated carbocycles. The van der Waals surface area contributed by atoms with Crippen molar-refractivity contribution in [3.63, 3.8) is 0 Å². The second-order valence-corrected chi connectivity index (χ2v) is 31.2. The topological polar surface area (TPSA) is 111 Å². The fraction of sp³-hybridized carbons (Fsp3) is 0.899. The summed E-state index contributed by atoms with van der Waals surface area (Å²) in [5, 5.41) is 11.9. The van der Waals surface area contributed by atoms with Crippen molar-refractivity contribution in [3.8, 4) is 0 Å². The number of rotatable bonds is 83. The predicted molar refractivity (Wildman–Crippen MR) is 422 cm³/mol. The minimum Gasteiger partial charge on any atom is -0.545 e. The monoisotopic (exact) mass is 1380 g/mol. The summed E-state index contributed by atoms with van der Waals surface area (Å²) >= 11 is 0. The summed E-state index contributed by atoms with van der Waals surface area (Å²) in [5.41, 5.74) is 0. The lowest BCUT2D eigenvalue weighted by atomic mass is 10.0. The van der Waals surface area contributed by atoms with Gasteiger partial charge in [-0.1, -0.05) is 429 Å². The summed E-state index contributed by atoms with van der Waals surface area (Å²) in [6, 6.07) is 0. The van der Waals surface area contributed by atoms with E-state index < -0.39 is 24.3 Å². The number of carboxylic acid groups (broad SMARTS) is 1. The molecular formula is C89H169NO8. The Morgan fingerprint density at radius 2 is 0.551 bits per heavy atom. The zero-order valence-electron chi connectivity index (χ0n) is 66.5. The van der Waals surface area contributed by atoms with Crippen LogP contribution in [0.4, 0.5) is 0 Å². The first kappa shape index (κ1) is 95.5. The molecule has 2 unspecified atom stereocenters. The average molecular weight is 1380 g/mol. The van der Waals surface area contributed by atoms with Crippen molar-refractivity contribution in [2.45, 2.75) is 469 Å². The van der Waals surface area contributed by atoms with Gasteiger partial charge >= 0.3 is 11.9 Å². The van der Waals surface area contributed by atoms with Gasteiger partial charge in [0.25, 0.3) is 0 Å². The smallest absolute Gasteiger partial charge is 0.306 e. The lowest BCUT2D eigenvalue weighted by Crippen LogP contribution is -2.44. The van der Waals surface area contributed by atoms with Crippen molar-refractivity contribution in [2.75, 3.05) is 47.5 Å². The van der Waals surface area contributed by atoms with Crippen molar-refractivity contribution < 1.29 is 42.9 Å². The Hall–Kier alpha value is -2.49. The van der Waals surface area contributed by atoms with Gasteiger partial charge in [-0.05, 0) is 51.4 Å². The van der Waals surface area contributed by atoms with E-state index in [1.165, 1.54) is 379 Å². The zero-order valence-corrected chi connectivity index (χ0v) is 66.5. The average Bonchev–Trinajstić information content (AvgIpc) is 1.14. The number of ether oxygens (including phenoxy) is 4. The Morgan fingerprint density at radius 3 is 0.816 bits per heavy atom. The molecule has 0 amide bonds. The summed E-state index contributed by atoms with van der Waals surface area (Å²) in [5.74, 6) is -2.25. The predicted octanol–water partition coefficient (Wildman–Crippen LogP) is 26.9. The van der Waals surface area contributed by atoms with E-state index in [0.29, 0.717) is 17.4 Å². The lowest BCUT2D eigenvalue weighted by molar-refractivity contribution is -0.870. The van der Waals surface area contributed by atoms with Crippen LogP contribution in [0.15, 0.2) is 36.5 Å². The molecule has 0 spiro atoms. The Bertz CT molecular complexity index is 1710. The molecule has 0 N–H and O–H groups in total. The molecule has 0 fully saturated rings. The number of esters is 2. The van der Waals surface area contributed by atoms with Gasteiger partial charge < -0.3 is 33.3 Å². The molecular weight excluding hydrogens is 1210 g/mol. The van der Waals surface area contributed by atoms with Gasteiger partial charge in [0, 0.05) is 12.8 Å². The second-order valence-electron chi connectivity index (χ2n) is 31.2.